The monoisotopic (exact) mass is 251 g/mol. The Morgan fingerprint density at radius 1 is 1.50 bits per heavy atom. The normalized spacial score (nSPS) is 22.8. The van der Waals surface area contributed by atoms with Gasteiger partial charge in [0.1, 0.15) is 0 Å². The topological polar surface area (TPSA) is 84.3 Å². The highest BCUT2D eigenvalue weighted by atomic mass is 16.5. The largest absolute Gasteiger partial charge is 0.481 e. The van der Waals surface area contributed by atoms with Crippen LogP contribution >= 0.6 is 0 Å². The van der Waals surface area contributed by atoms with Gasteiger partial charge >= 0.3 is 5.97 Å². The van der Waals surface area contributed by atoms with Crippen LogP contribution in [0.1, 0.15) is 25.0 Å². The van der Waals surface area contributed by atoms with Gasteiger partial charge in [0.2, 0.25) is 11.8 Å². The van der Waals surface area contributed by atoms with Gasteiger partial charge in [0, 0.05) is 17.8 Å². The molecule has 18 heavy (non-hydrogen) atoms. The van der Waals surface area contributed by atoms with Gasteiger partial charge in [-0.05, 0) is 19.8 Å². The Labute approximate surface area is 105 Å². The van der Waals surface area contributed by atoms with E-state index in [1.165, 1.54) is 0 Å². The van der Waals surface area contributed by atoms with E-state index in [0.717, 1.165) is 18.5 Å². The zero-order chi connectivity index (χ0) is 13.1. The van der Waals surface area contributed by atoms with E-state index in [4.69, 9.17) is 9.84 Å². The van der Waals surface area contributed by atoms with Crippen molar-refractivity contribution in [3.8, 4) is 5.88 Å². The maximum atomic E-state index is 11.1. The summed E-state index contributed by atoms with van der Waals surface area (Å²) in [6.45, 7) is 1.85. The van der Waals surface area contributed by atoms with E-state index in [1.807, 2.05) is 6.92 Å². The van der Waals surface area contributed by atoms with Gasteiger partial charge in [0.05, 0.1) is 13.0 Å². The van der Waals surface area contributed by atoms with Gasteiger partial charge in [0.15, 0.2) is 0 Å². The van der Waals surface area contributed by atoms with Crippen molar-refractivity contribution in [2.75, 3.05) is 12.4 Å². The second-order valence-electron chi connectivity index (χ2n) is 4.50. The van der Waals surface area contributed by atoms with Gasteiger partial charge in [0.25, 0.3) is 0 Å². The molecule has 2 unspecified atom stereocenters. The number of aryl methyl sites for hydroxylation is 1. The Hall–Kier alpha value is -1.85. The average molecular weight is 251 g/mol. The number of carboxylic acid groups (broad SMARTS) is 1. The summed E-state index contributed by atoms with van der Waals surface area (Å²) in [5, 5.41) is 12.2. The van der Waals surface area contributed by atoms with Gasteiger partial charge in [-0.3, -0.25) is 4.79 Å². The summed E-state index contributed by atoms with van der Waals surface area (Å²) in [6.07, 6.45) is 2.45. The van der Waals surface area contributed by atoms with Crippen LogP contribution in [0.15, 0.2) is 6.07 Å². The van der Waals surface area contributed by atoms with Crippen LogP contribution in [0.5, 0.6) is 5.88 Å². The number of nitrogens with one attached hydrogen (secondary N) is 1. The van der Waals surface area contributed by atoms with Crippen LogP contribution in [0.4, 0.5) is 5.95 Å². The maximum Gasteiger partial charge on any atom is 0.308 e. The van der Waals surface area contributed by atoms with Gasteiger partial charge in [-0.2, -0.15) is 4.98 Å². The molecule has 1 saturated carbocycles. The van der Waals surface area contributed by atoms with Gasteiger partial charge in [-0.25, -0.2) is 4.98 Å². The van der Waals surface area contributed by atoms with E-state index in [2.05, 4.69) is 15.3 Å². The molecule has 1 aliphatic carbocycles. The third-order valence-electron chi connectivity index (χ3n) is 3.19. The lowest BCUT2D eigenvalue weighted by Crippen LogP contribution is -2.30. The number of aromatic nitrogens is 2. The fraction of sp³-hybridized carbons (Fsp3) is 0.583. The van der Waals surface area contributed by atoms with Crippen LogP contribution in [0.3, 0.4) is 0 Å². The van der Waals surface area contributed by atoms with Crippen molar-refractivity contribution >= 4 is 11.9 Å². The molecular formula is C12H17N3O3. The van der Waals surface area contributed by atoms with Crippen LogP contribution < -0.4 is 10.1 Å². The first-order valence-electron chi connectivity index (χ1n) is 5.99. The molecule has 0 bridgehead atoms. The number of methoxy groups -OCH3 is 1. The third kappa shape index (κ3) is 2.69. The first-order valence-corrected chi connectivity index (χ1v) is 5.99. The Morgan fingerprint density at radius 3 is 2.94 bits per heavy atom. The Kier molecular flexibility index (Phi) is 3.64. The van der Waals surface area contributed by atoms with E-state index < -0.39 is 5.97 Å². The smallest absolute Gasteiger partial charge is 0.308 e. The van der Waals surface area contributed by atoms with Crippen LogP contribution in [-0.4, -0.2) is 34.2 Å². The van der Waals surface area contributed by atoms with E-state index in [9.17, 15) is 4.79 Å². The van der Waals surface area contributed by atoms with E-state index in [0.29, 0.717) is 18.2 Å². The number of carboxylic acids is 1. The van der Waals surface area contributed by atoms with Crippen molar-refractivity contribution in [3.05, 3.63) is 11.8 Å². The summed E-state index contributed by atoms with van der Waals surface area (Å²) in [4.78, 5) is 19.5. The minimum Gasteiger partial charge on any atom is -0.481 e. The summed E-state index contributed by atoms with van der Waals surface area (Å²) in [5.41, 5.74) is 0.786. The predicted molar refractivity (Wildman–Crippen MR) is 65.7 cm³/mol. The number of ether oxygens (including phenoxy) is 1. The van der Waals surface area contributed by atoms with E-state index >= 15 is 0 Å². The summed E-state index contributed by atoms with van der Waals surface area (Å²) in [7, 11) is 1.54. The minimum atomic E-state index is -0.760. The molecule has 2 rings (SSSR count). The van der Waals surface area contributed by atoms with E-state index in [-0.39, 0.29) is 12.0 Å². The fourth-order valence-electron chi connectivity index (χ4n) is 2.30. The third-order valence-corrected chi connectivity index (χ3v) is 3.19. The lowest BCUT2D eigenvalue weighted by molar-refractivity contribution is -0.141. The lowest BCUT2D eigenvalue weighted by Gasteiger charge is -2.17. The first kappa shape index (κ1) is 12.6. The number of carbonyl (C=O) groups is 1. The minimum absolute atomic E-state index is 0.103. The highest BCUT2D eigenvalue weighted by Crippen LogP contribution is 2.28. The number of hydrogen-bond donors (Lipinski definition) is 2. The molecule has 6 nitrogen and oxygen atoms in total. The number of hydrogen-bond acceptors (Lipinski definition) is 5. The highest BCUT2D eigenvalue weighted by molar-refractivity contribution is 5.72. The van der Waals surface area contributed by atoms with Crippen LogP contribution in [-0.2, 0) is 4.79 Å². The quantitative estimate of drug-likeness (QED) is 0.842. The van der Waals surface area contributed by atoms with Crippen molar-refractivity contribution in [3.63, 3.8) is 0 Å². The zero-order valence-electron chi connectivity index (χ0n) is 10.5. The van der Waals surface area contributed by atoms with Gasteiger partial charge < -0.3 is 15.2 Å². The SMILES string of the molecule is COc1cc(C)nc(NC2CCCC2C(=O)O)n1. The highest BCUT2D eigenvalue weighted by Gasteiger charge is 2.33. The molecule has 1 fully saturated rings. The van der Waals surface area contributed by atoms with Crippen molar-refractivity contribution in [1.82, 2.24) is 9.97 Å². The second-order valence-corrected chi connectivity index (χ2v) is 4.50. The standard InChI is InChI=1S/C12H17N3O3/c1-7-6-10(18-2)15-12(13-7)14-9-5-3-4-8(9)11(16)17/h6,8-9H,3-5H2,1-2H3,(H,16,17)(H,13,14,15). The molecule has 1 aliphatic rings. The van der Waals surface area contributed by atoms with Crippen molar-refractivity contribution in [1.29, 1.82) is 0 Å². The Morgan fingerprint density at radius 2 is 2.28 bits per heavy atom. The van der Waals surface area contributed by atoms with Crippen molar-refractivity contribution in [2.45, 2.75) is 32.2 Å². The molecule has 0 aliphatic heterocycles. The molecule has 6 heteroatoms. The van der Waals surface area contributed by atoms with Crippen molar-refractivity contribution < 1.29 is 14.6 Å². The molecule has 0 aromatic carbocycles. The molecule has 0 saturated heterocycles. The van der Waals surface area contributed by atoms with E-state index in [1.54, 1.807) is 13.2 Å². The van der Waals surface area contributed by atoms with Crippen LogP contribution in [0.25, 0.3) is 0 Å². The Balaban J connectivity index is 2.13. The van der Waals surface area contributed by atoms with Gasteiger partial charge in [-0.1, -0.05) is 6.42 Å². The van der Waals surface area contributed by atoms with Crippen LogP contribution in [0, 0.1) is 12.8 Å². The molecule has 1 aromatic rings. The first-order chi connectivity index (χ1) is 8.60. The zero-order valence-corrected chi connectivity index (χ0v) is 10.5. The summed E-state index contributed by atoms with van der Waals surface area (Å²) >= 11 is 0. The van der Waals surface area contributed by atoms with Crippen molar-refractivity contribution in [2.24, 2.45) is 5.92 Å². The second kappa shape index (κ2) is 5.20. The molecule has 2 atom stereocenters. The molecule has 1 aromatic heterocycles. The maximum absolute atomic E-state index is 11.1. The summed E-state index contributed by atoms with van der Waals surface area (Å²) in [6, 6.07) is 1.63. The fourth-order valence-corrected chi connectivity index (χ4v) is 2.30. The molecule has 0 radical (unpaired) electrons. The molecule has 98 valence electrons. The number of rotatable bonds is 4. The lowest BCUT2D eigenvalue weighted by atomic mass is 10.0. The number of anilines is 1. The van der Waals surface area contributed by atoms with Crippen LogP contribution in [0.2, 0.25) is 0 Å². The Bertz CT molecular complexity index is 450. The van der Waals surface area contributed by atoms with Gasteiger partial charge in [-0.15, -0.1) is 0 Å². The summed E-state index contributed by atoms with van der Waals surface area (Å²) < 4.78 is 5.07. The predicted octanol–water partition coefficient (Wildman–Crippen LogP) is 1.46. The summed E-state index contributed by atoms with van der Waals surface area (Å²) in [5.74, 6) is -0.204. The molecular weight excluding hydrogens is 234 g/mol. The average Bonchev–Trinajstić information content (AvgIpc) is 2.76. The number of aliphatic carboxylic acids is 1. The molecule has 1 heterocycles. The molecule has 2 N–H and O–H groups in total. The molecule has 0 spiro atoms. The number of nitrogens with zero attached hydrogens (tertiary/aromatic N) is 2. The molecule has 0 amide bonds.